The van der Waals surface area contributed by atoms with Gasteiger partial charge in [0.15, 0.2) is 0 Å². The summed E-state index contributed by atoms with van der Waals surface area (Å²) in [5.41, 5.74) is 0. The molecular weight excluding hydrogens is 200 g/mol. The zero-order valence-electron chi connectivity index (χ0n) is 8.77. The molecule has 1 amide bonds. The first-order valence-corrected chi connectivity index (χ1v) is 5.31. The van der Waals surface area contributed by atoms with E-state index in [2.05, 4.69) is 11.9 Å². The molecule has 0 heterocycles. The minimum atomic E-state index is -2.56. The van der Waals surface area contributed by atoms with E-state index in [9.17, 15) is 13.6 Å². The molecule has 1 N–H and O–H groups in total. The quantitative estimate of drug-likeness (QED) is 0.571. The molecule has 1 unspecified atom stereocenters. The van der Waals surface area contributed by atoms with Gasteiger partial charge in [-0.2, -0.15) is 0 Å². The van der Waals surface area contributed by atoms with Crippen LogP contribution >= 0.6 is 0 Å². The molecule has 0 aromatic carbocycles. The van der Waals surface area contributed by atoms with Gasteiger partial charge < -0.3 is 5.32 Å². The highest BCUT2D eigenvalue weighted by Crippen LogP contribution is 2.34. The van der Waals surface area contributed by atoms with Crippen molar-refractivity contribution in [2.24, 2.45) is 5.92 Å². The number of amides is 1. The zero-order chi connectivity index (χ0) is 11.3. The summed E-state index contributed by atoms with van der Waals surface area (Å²) < 4.78 is 26.4. The highest BCUT2D eigenvalue weighted by Gasteiger charge is 2.34. The maximum absolute atomic E-state index is 13.2. The number of rotatable bonds is 3. The number of nitrogens with one attached hydrogen (secondary N) is 1. The van der Waals surface area contributed by atoms with Crippen LogP contribution < -0.4 is 5.32 Å². The molecule has 15 heavy (non-hydrogen) atoms. The van der Waals surface area contributed by atoms with Crippen molar-refractivity contribution in [3.8, 4) is 0 Å². The Balaban J connectivity index is 2.39. The predicted molar refractivity (Wildman–Crippen MR) is 54.7 cm³/mol. The van der Waals surface area contributed by atoms with Crippen LogP contribution in [0.15, 0.2) is 12.7 Å². The maximum Gasteiger partial charge on any atom is 0.248 e. The number of alkyl halides is 2. The van der Waals surface area contributed by atoms with Crippen LogP contribution in [0.2, 0.25) is 0 Å². The number of halogens is 2. The highest BCUT2D eigenvalue weighted by molar-refractivity contribution is 5.86. The zero-order valence-corrected chi connectivity index (χ0v) is 8.77. The molecule has 1 aliphatic rings. The van der Waals surface area contributed by atoms with Crippen molar-refractivity contribution in [1.82, 2.24) is 5.32 Å². The number of carbonyl (C=O) groups excluding carboxylic acids is 1. The Labute approximate surface area is 88.7 Å². The van der Waals surface area contributed by atoms with E-state index in [-0.39, 0.29) is 24.7 Å². The van der Waals surface area contributed by atoms with E-state index in [4.69, 9.17) is 0 Å². The van der Waals surface area contributed by atoms with Gasteiger partial charge in [-0.3, -0.25) is 4.79 Å². The van der Waals surface area contributed by atoms with Crippen molar-refractivity contribution in [2.75, 3.05) is 6.54 Å². The Bertz CT molecular complexity index is 241. The first-order chi connectivity index (χ1) is 7.03. The topological polar surface area (TPSA) is 29.1 Å². The molecule has 1 saturated carbocycles. The minimum absolute atomic E-state index is 0.0150. The molecule has 1 rings (SSSR count). The van der Waals surface area contributed by atoms with Crippen molar-refractivity contribution >= 4 is 5.91 Å². The van der Waals surface area contributed by atoms with E-state index in [1.165, 1.54) is 0 Å². The second-order valence-corrected chi connectivity index (χ2v) is 4.12. The van der Waals surface area contributed by atoms with Gasteiger partial charge in [-0.05, 0) is 24.8 Å². The van der Waals surface area contributed by atoms with E-state index in [1.54, 1.807) is 0 Å². The van der Waals surface area contributed by atoms with E-state index in [0.717, 1.165) is 18.9 Å². The van der Waals surface area contributed by atoms with Gasteiger partial charge >= 0.3 is 0 Å². The van der Waals surface area contributed by atoms with Crippen LogP contribution in [-0.4, -0.2) is 18.4 Å². The average Bonchev–Trinajstić information content (AvgIpc) is 2.35. The van der Waals surface area contributed by atoms with Gasteiger partial charge in [0, 0.05) is 19.4 Å². The van der Waals surface area contributed by atoms with Crippen LogP contribution in [0.25, 0.3) is 0 Å². The lowest BCUT2D eigenvalue weighted by molar-refractivity contribution is -0.116. The lowest BCUT2D eigenvalue weighted by atomic mass is 9.99. The molecular formula is C11H17F2NO. The summed E-state index contributed by atoms with van der Waals surface area (Å²) in [4.78, 5) is 10.9. The Morgan fingerprint density at radius 3 is 2.93 bits per heavy atom. The highest BCUT2D eigenvalue weighted by atomic mass is 19.3. The van der Waals surface area contributed by atoms with Crippen LogP contribution in [0.5, 0.6) is 0 Å². The molecule has 0 aromatic heterocycles. The van der Waals surface area contributed by atoms with E-state index in [0.29, 0.717) is 13.0 Å². The third-order valence-corrected chi connectivity index (χ3v) is 2.74. The smallest absolute Gasteiger partial charge is 0.248 e. The van der Waals surface area contributed by atoms with Gasteiger partial charge in [-0.15, -0.1) is 0 Å². The first-order valence-electron chi connectivity index (χ1n) is 5.31. The lowest BCUT2D eigenvalue weighted by Gasteiger charge is -2.19. The second-order valence-electron chi connectivity index (χ2n) is 4.12. The second kappa shape index (κ2) is 5.24. The number of carbonyl (C=O) groups is 1. The van der Waals surface area contributed by atoms with Crippen LogP contribution in [-0.2, 0) is 4.79 Å². The largest absolute Gasteiger partial charge is 0.352 e. The third kappa shape index (κ3) is 4.40. The van der Waals surface area contributed by atoms with Gasteiger partial charge in [0.05, 0.1) is 0 Å². The van der Waals surface area contributed by atoms with E-state index >= 15 is 0 Å². The fourth-order valence-corrected chi connectivity index (χ4v) is 1.93. The fraction of sp³-hybridized carbons (Fsp3) is 0.727. The predicted octanol–water partition coefficient (Wildman–Crippen LogP) is 2.50. The van der Waals surface area contributed by atoms with Gasteiger partial charge in [0.2, 0.25) is 11.8 Å². The van der Waals surface area contributed by atoms with Gasteiger partial charge in [-0.1, -0.05) is 13.0 Å². The normalized spacial score (nSPS) is 25.3. The first kappa shape index (κ1) is 12.1. The molecule has 1 atom stereocenters. The summed E-state index contributed by atoms with van der Waals surface area (Å²) in [5.74, 6) is -2.95. The van der Waals surface area contributed by atoms with Crippen LogP contribution in [0.1, 0.15) is 32.1 Å². The third-order valence-electron chi connectivity index (χ3n) is 2.74. The summed E-state index contributed by atoms with van der Waals surface area (Å²) in [6.07, 6.45) is 3.22. The molecule has 0 aromatic rings. The van der Waals surface area contributed by atoms with E-state index < -0.39 is 5.92 Å². The molecule has 4 heteroatoms. The van der Waals surface area contributed by atoms with Gasteiger partial charge in [0.25, 0.3) is 0 Å². The molecule has 86 valence electrons. The Kier molecular flexibility index (Phi) is 4.24. The molecule has 0 aliphatic heterocycles. The summed E-state index contributed by atoms with van der Waals surface area (Å²) in [7, 11) is 0. The summed E-state index contributed by atoms with van der Waals surface area (Å²) in [6, 6.07) is 0. The van der Waals surface area contributed by atoms with Crippen molar-refractivity contribution in [1.29, 1.82) is 0 Å². The lowest BCUT2D eigenvalue weighted by Crippen LogP contribution is -2.30. The maximum atomic E-state index is 13.2. The summed E-state index contributed by atoms with van der Waals surface area (Å²) in [6.45, 7) is 3.65. The monoisotopic (exact) mass is 217 g/mol. The van der Waals surface area contributed by atoms with Gasteiger partial charge in [-0.25, -0.2) is 8.78 Å². The van der Waals surface area contributed by atoms with Crippen molar-refractivity contribution in [2.45, 2.75) is 38.0 Å². The standard InChI is InChI=1S/C11H17F2NO/c1-2-10(15)14-8-9-5-3-4-6-11(12,13)7-9/h2,9H,1,3-8H2,(H,14,15). The molecule has 0 spiro atoms. The van der Waals surface area contributed by atoms with Crippen molar-refractivity contribution in [3.63, 3.8) is 0 Å². The molecule has 1 fully saturated rings. The summed E-state index contributed by atoms with van der Waals surface area (Å²) in [5, 5.41) is 2.58. The van der Waals surface area contributed by atoms with E-state index in [1.807, 2.05) is 0 Å². The van der Waals surface area contributed by atoms with Crippen LogP contribution in [0, 0.1) is 5.92 Å². The average molecular weight is 217 g/mol. The Hall–Kier alpha value is -0.930. The molecule has 1 aliphatic carbocycles. The van der Waals surface area contributed by atoms with Crippen molar-refractivity contribution < 1.29 is 13.6 Å². The molecule has 0 bridgehead atoms. The molecule has 0 radical (unpaired) electrons. The molecule has 0 saturated heterocycles. The fourth-order valence-electron chi connectivity index (χ4n) is 1.93. The Morgan fingerprint density at radius 2 is 2.27 bits per heavy atom. The Morgan fingerprint density at radius 1 is 1.53 bits per heavy atom. The summed E-state index contributed by atoms with van der Waals surface area (Å²) >= 11 is 0. The van der Waals surface area contributed by atoms with Crippen LogP contribution in [0.4, 0.5) is 8.78 Å². The minimum Gasteiger partial charge on any atom is -0.352 e. The van der Waals surface area contributed by atoms with Crippen LogP contribution in [0.3, 0.4) is 0 Å². The SMILES string of the molecule is C=CC(=O)NCC1CCCCC(F)(F)C1. The van der Waals surface area contributed by atoms with Crippen molar-refractivity contribution in [3.05, 3.63) is 12.7 Å². The number of hydrogen-bond donors (Lipinski definition) is 1. The van der Waals surface area contributed by atoms with Gasteiger partial charge in [0.1, 0.15) is 0 Å². The number of hydrogen-bond acceptors (Lipinski definition) is 1. The molecule has 2 nitrogen and oxygen atoms in total.